The molecule has 0 aliphatic carbocycles. The quantitative estimate of drug-likeness (QED) is 0.844. The van der Waals surface area contributed by atoms with Crippen LogP contribution in [0.4, 0.5) is 23.2 Å². The van der Waals surface area contributed by atoms with Crippen molar-refractivity contribution in [2.45, 2.75) is 33.0 Å². The molecule has 0 fully saturated rings. The van der Waals surface area contributed by atoms with Crippen LogP contribution in [0.3, 0.4) is 0 Å². The van der Waals surface area contributed by atoms with Crippen LogP contribution in [-0.4, -0.2) is 29.9 Å². The standard InChI is InChI=1S/C14H18F4N2O/c1-4-20(5-2)13(21)9(3)19-10-6-7-12(15)11(8-10)14(16,17)18/h6-9,19H,4-5H2,1-3H3. The SMILES string of the molecule is CCN(CC)C(=O)C(C)Nc1ccc(F)c(C(F)(F)F)c1. The molecular formula is C14H18F4N2O. The number of amides is 1. The summed E-state index contributed by atoms with van der Waals surface area (Å²) in [4.78, 5) is 13.6. The third-order valence-corrected chi connectivity index (χ3v) is 3.10. The van der Waals surface area contributed by atoms with Gasteiger partial charge in [-0.25, -0.2) is 4.39 Å². The van der Waals surface area contributed by atoms with Gasteiger partial charge >= 0.3 is 6.18 Å². The van der Waals surface area contributed by atoms with Crippen LogP contribution in [-0.2, 0) is 11.0 Å². The van der Waals surface area contributed by atoms with E-state index in [1.807, 2.05) is 13.8 Å². The van der Waals surface area contributed by atoms with Crippen molar-refractivity contribution in [2.24, 2.45) is 0 Å². The molecule has 3 nitrogen and oxygen atoms in total. The number of alkyl halides is 3. The molecule has 1 atom stereocenters. The summed E-state index contributed by atoms with van der Waals surface area (Å²) in [6.07, 6.45) is -4.77. The van der Waals surface area contributed by atoms with E-state index in [1.165, 1.54) is 6.07 Å². The second-order valence-electron chi connectivity index (χ2n) is 4.57. The van der Waals surface area contributed by atoms with Crippen LogP contribution in [0.1, 0.15) is 26.3 Å². The van der Waals surface area contributed by atoms with E-state index in [1.54, 1.807) is 11.8 Å². The molecule has 0 heterocycles. The number of nitrogens with zero attached hydrogens (tertiary/aromatic N) is 1. The Kier molecular flexibility index (Phi) is 5.57. The lowest BCUT2D eigenvalue weighted by atomic mass is 10.1. The molecule has 1 aromatic rings. The molecule has 0 aromatic heterocycles. The van der Waals surface area contributed by atoms with Crippen LogP contribution in [0.2, 0.25) is 0 Å². The molecule has 0 bridgehead atoms. The number of nitrogens with one attached hydrogen (secondary N) is 1. The van der Waals surface area contributed by atoms with Gasteiger partial charge in [-0.15, -0.1) is 0 Å². The topological polar surface area (TPSA) is 32.3 Å². The Labute approximate surface area is 120 Å². The van der Waals surface area contributed by atoms with Gasteiger partial charge in [-0.2, -0.15) is 13.2 Å². The minimum absolute atomic E-state index is 0.0525. The fourth-order valence-corrected chi connectivity index (χ4v) is 1.95. The number of anilines is 1. The summed E-state index contributed by atoms with van der Waals surface area (Å²) in [5.74, 6) is -1.56. The molecule has 0 radical (unpaired) electrons. The lowest BCUT2D eigenvalue weighted by Crippen LogP contribution is -2.41. The average Bonchev–Trinajstić information content (AvgIpc) is 2.40. The summed E-state index contributed by atoms with van der Waals surface area (Å²) < 4.78 is 51.0. The first kappa shape index (κ1) is 17.3. The summed E-state index contributed by atoms with van der Waals surface area (Å²) in [5, 5.41) is 2.67. The number of carbonyl (C=O) groups excluding carboxylic acids is 1. The first-order valence-electron chi connectivity index (χ1n) is 6.62. The molecule has 118 valence electrons. The Hall–Kier alpha value is -1.79. The van der Waals surface area contributed by atoms with E-state index in [4.69, 9.17) is 0 Å². The molecule has 1 N–H and O–H groups in total. The van der Waals surface area contributed by atoms with Gasteiger partial charge in [0.2, 0.25) is 5.91 Å². The zero-order valence-electron chi connectivity index (χ0n) is 12.1. The molecular weight excluding hydrogens is 288 g/mol. The van der Waals surface area contributed by atoms with E-state index in [0.717, 1.165) is 6.07 Å². The zero-order valence-corrected chi connectivity index (χ0v) is 12.1. The Morgan fingerprint density at radius 2 is 1.86 bits per heavy atom. The Bertz CT molecular complexity index is 498. The predicted octanol–water partition coefficient (Wildman–Crippen LogP) is 3.51. The number of rotatable bonds is 5. The van der Waals surface area contributed by atoms with Crippen molar-refractivity contribution in [3.05, 3.63) is 29.6 Å². The van der Waals surface area contributed by atoms with E-state index in [-0.39, 0.29) is 11.6 Å². The smallest absolute Gasteiger partial charge is 0.374 e. The normalized spacial score (nSPS) is 12.9. The predicted molar refractivity (Wildman–Crippen MR) is 72.4 cm³/mol. The fraction of sp³-hybridized carbons (Fsp3) is 0.500. The Morgan fingerprint density at radius 3 is 2.33 bits per heavy atom. The van der Waals surface area contributed by atoms with Gasteiger partial charge in [-0.1, -0.05) is 0 Å². The summed E-state index contributed by atoms with van der Waals surface area (Å²) in [7, 11) is 0. The molecule has 1 unspecified atom stereocenters. The zero-order chi connectivity index (χ0) is 16.2. The number of likely N-dealkylation sites (N-methyl/N-ethyl adjacent to an activating group) is 1. The lowest BCUT2D eigenvalue weighted by molar-refractivity contribution is -0.139. The highest BCUT2D eigenvalue weighted by Gasteiger charge is 2.34. The van der Waals surface area contributed by atoms with E-state index < -0.39 is 23.6 Å². The maximum Gasteiger partial charge on any atom is 0.419 e. The van der Waals surface area contributed by atoms with Crippen LogP contribution >= 0.6 is 0 Å². The van der Waals surface area contributed by atoms with Crippen LogP contribution in [0, 0.1) is 5.82 Å². The van der Waals surface area contributed by atoms with Gasteiger partial charge in [0.25, 0.3) is 0 Å². The monoisotopic (exact) mass is 306 g/mol. The van der Waals surface area contributed by atoms with Crippen molar-refractivity contribution in [1.29, 1.82) is 0 Å². The van der Waals surface area contributed by atoms with E-state index >= 15 is 0 Å². The number of halogens is 4. The van der Waals surface area contributed by atoms with Crippen LogP contribution in [0.15, 0.2) is 18.2 Å². The number of hydrogen-bond acceptors (Lipinski definition) is 2. The van der Waals surface area contributed by atoms with E-state index in [9.17, 15) is 22.4 Å². The van der Waals surface area contributed by atoms with Crippen molar-refractivity contribution in [3.63, 3.8) is 0 Å². The van der Waals surface area contributed by atoms with Crippen molar-refractivity contribution in [2.75, 3.05) is 18.4 Å². The van der Waals surface area contributed by atoms with Crippen molar-refractivity contribution in [1.82, 2.24) is 4.90 Å². The number of hydrogen-bond donors (Lipinski definition) is 1. The first-order valence-corrected chi connectivity index (χ1v) is 6.62. The maximum atomic E-state index is 13.2. The Morgan fingerprint density at radius 1 is 1.29 bits per heavy atom. The third-order valence-electron chi connectivity index (χ3n) is 3.10. The van der Waals surface area contributed by atoms with Crippen molar-refractivity contribution >= 4 is 11.6 Å². The molecule has 1 rings (SSSR count). The van der Waals surface area contributed by atoms with Gasteiger partial charge in [0, 0.05) is 18.8 Å². The van der Waals surface area contributed by atoms with Gasteiger partial charge in [0.15, 0.2) is 0 Å². The molecule has 0 aliphatic heterocycles. The molecule has 21 heavy (non-hydrogen) atoms. The number of benzene rings is 1. The third kappa shape index (κ3) is 4.34. The van der Waals surface area contributed by atoms with Gasteiger partial charge in [0.1, 0.15) is 11.9 Å². The lowest BCUT2D eigenvalue weighted by Gasteiger charge is -2.24. The highest BCUT2D eigenvalue weighted by molar-refractivity contribution is 5.84. The van der Waals surface area contributed by atoms with Gasteiger partial charge in [0.05, 0.1) is 5.56 Å². The molecule has 1 aromatic carbocycles. The summed E-state index contributed by atoms with van der Waals surface area (Å²) in [6, 6.07) is 1.88. The molecule has 0 spiro atoms. The van der Waals surface area contributed by atoms with Crippen LogP contribution in [0.25, 0.3) is 0 Å². The maximum absolute atomic E-state index is 13.2. The summed E-state index contributed by atoms with van der Waals surface area (Å²) >= 11 is 0. The fourth-order valence-electron chi connectivity index (χ4n) is 1.95. The van der Waals surface area contributed by atoms with Gasteiger partial charge in [-0.05, 0) is 39.0 Å². The highest BCUT2D eigenvalue weighted by atomic mass is 19.4. The number of carbonyl (C=O) groups is 1. The van der Waals surface area contributed by atoms with Crippen LogP contribution in [0.5, 0.6) is 0 Å². The van der Waals surface area contributed by atoms with Crippen molar-refractivity contribution < 1.29 is 22.4 Å². The van der Waals surface area contributed by atoms with E-state index in [0.29, 0.717) is 19.2 Å². The van der Waals surface area contributed by atoms with E-state index in [2.05, 4.69) is 5.32 Å². The second kappa shape index (κ2) is 6.78. The largest absolute Gasteiger partial charge is 0.419 e. The summed E-state index contributed by atoms with van der Waals surface area (Å²) in [6.45, 7) is 6.20. The Balaban J connectivity index is 2.91. The molecule has 0 saturated heterocycles. The molecule has 1 amide bonds. The van der Waals surface area contributed by atoms with Crippen LogP contribution < -0.4 is 5.32 Å². The molecule has 0 saturated carbocycles. The summed E-state index contributed by atoms with van der Waals surface area (Å²) in [5.41, 5.74) is -1.30. The second-order valence-corrected chi connectivity index (χ2v) is 4.57. The molecule has 7 heteroatoms. The average molecular weight is 306 g/mol. The first-order chi connectivity index (χ1) is 9.70. The molecule has 0 aliphatic rings. The van der Waals surface area contributed by atoms with Gasteiger partial charge in [-0.3, -0.25) is 4.79 Å². The van der Waals surface area contributed by atoms with Crippen molar-refractivity contribution in [3.8, 4) is 0 Å². The highest BCUT2D eigenvalue weighted by Crippen LogP contribution is 2.33. The minimum atomic E-state index is -4.77. The van der Waals surface area contributed by atoms with Gasteiger partial charge < -0.3 is 10.2 Å². The minimum Gasteiger partial charge on any atom is -0.374 e.